The molecule has 4 amide bonds. The number of carbonyl (C=O) groups excluding carboxylic acids is 4. The zero-order valence-corrected chi connectivity index (χ0v) is 33.8. The summed E-state index contributed by atoms with van der Waals surface area (Å²) in [7, 11) is 1.60. The molecular weight excluding hydrogens is 763 g/mol. The second-order valence-electron chi connectivity index (χ2n) is 14.8. The number of aliphatic carboxylic acids is 1. The van der Waals surface area contributed by atoms with Crippen molar-refractivity contribution in [1.29, 1.82) is 0 Å². The molecule has 0 radical (unpaired) electrons. The SMILES string of the molecule is COc1ccc2cc([C@H](C)C(=O)N[C@H](Cc3ccccc3)C(=O)N[C@H](Cc3ccccc3)C(=O)N[C@H](CCCCN)C(=O)N[C@H](Cc3ccc(O)cc3)C(=O)O)ccc2c1. The van der Waals surface area contributed by atoms with Gasteiger partial charge < -0.3 is 42.0 Å². The number of carboxylic acids is 1. The third-order valence-electron chi connectivity index (χ3n) is 10.4. The highest BCUT2D eigenvalue weighted by atomic mass is 16.5. The van der Waals surface area contributed by atoms with Crippen molar-refractivity contribution >= 4 is 40.4 Å². The summed E-state index contributed by atoms with van der Waals surface area (Å²) in [5.74, 6) is -3.56. The molecule has 0 heterocycles. The van der Waals surface area contributed by atoms with Crippen LogP contribution in [0.15, 0.2) is 121 Å². The van der Waals surface area contributed by atoms with Gasteiger partial charge in [0.25, 0.3) is 0 Å². The second-order valence-corrected chi connectivity index (χ2v) is 14.8. The molecule has 13 heteroatoms. The van der Waals surface area contributed by atoms with Gasteiger partial charge in [-0.1, -0.05) is 97.1 Å². The van der Waals surface area contributed by atoms with Gasteiger partial charge in [0.05, 0.1) is 13.0 Å². The fraction of sp³-hybridized carbons (Fsp3) is 0.298. The number of phenols is 1. The molecule has 0 saturated heterocycles. The number of fused-ring (bicyclic) bond motifs is 1. The normalized spacial score (nSPS) is 13.5. The number of aromatic hydroxyl groups is 1. The predicted molar refractivity (Wildman–Crippen MR) is 229 cm³/mol. The van der Waals surface area contributed by atoms with E-state index in [2.05, 4.69) is 21.3 Å². The van der Waals surface area contributed by atoms with E-state index in [0.717, 1.165) is 27.5 Å². The molecule has 0 bridgehead atoms. The van der Waals surface area contributed by atoms with E-state index in [9.17, 15) is 34.2 Å². The molecule has 13 nitrogen and oxygen atoms in total. The molecule has 0 aliphatic carbocycles. The quantitative estimate of drug-likeness (QED) is 0.0518. The monoisotopic (exact) mass is 815 g/mol. The second kappa shape index (κ2) is 21.9. The van der Waals surface area contributed by atoms with Crippen LogP contribution >= 0.6 is 0 Å². The van der Waals surface area contributed by atoms with Crippen molar-refractivity contribution in [3.63, 3.8) is 0 Å². The van der Waals surface area contributed by atoms with E-state index in [0.29, 0.717) is 30.7 Å². The molecule has 60 heavy (non-hydrogen) atoms. The van der Waals surface area contributed by atoms with Crippen LogP contribution in [-0.4, -0.2) is 77.6 Å². The summed E-state index contributed by atoms with van der Waals surface area (Å²) in [6.07, 6.45) is 1.27. The van der Waals surface area contributed by atoms with Gasteiger partial charge in [0.2, 0.25) is 23.6 Å². The number of hydrogen-bond donors (Lipinski definition) is 7. The maximum atomic E-state index is 14.3. The van der Waals surface area contributed by atoms with E-state index < -0.39 is 53.8 Å². The van der Waals surface area contributed by atoms with E-state index in [-0.39, 0.29) is 37.3 Å². The standard InChI is InChI=1S/C47H53N5O8/c1-30(34-18-19-36-29-38(60-2)23-20-35(36)28-34)43(54)50-40(25-31-11-5-3-6-12-31)46(57)51-41(26-32-13-7-4-8-14-32)45(56)49-39(15-9-10-24-48)44(55)52-42(47(58)59)27-33-16-21-37(53)22-17-33/h3-8,11-14,16-23,28-30,39-42,53H,9-10,15,24-27,48H2,1-2H3,(H,49,56)(H,50,54)(H,51,57)(H,52,55)(H,58,59)/t30-,39+,40+,41+,42+/m0/s1. The average Bonchev–Trinajstić information content (AvgIpc) is 3.25. The Morgan fingerprint density at radius 2 is 1.07 bits per heavy atom. The van der Waals surface area contributed by atoms with Crippen molar-refractivity contribution < 1.29 is 38.9 Å². The van der Waals surface area contributed by atoms with Crippen LogP contribution in [0.1, 0.15) is 54.4 Å². The Labute approximate surface area is 349 Å². The van der Waals surface area contributed by atoms with E-state index in [4.69, 9.17) is 10.5 Å². The number of amides is 4. The highest BCUT2D eigenvalue weighted by Crippen LogP contribution is 2.25. The van der Waals surface area contributed by atoms with Gasteiger partial charge in [0.1, 0.15) is 35.7 Å². The van der Waals surface area contributed by atoms with E-state index in [1.165, 1.54) is 12.1 Å². The number of hydrogen-bond acceptors (Lipinski definition) is 8. The molecule has 0 fully saturated rings. The predicted octanol–water partition coefficient (Wildman–Crippen LogP) is 4.54. The van der Waals surface area contributed by atoms with Crippen molar-refractivity contribution in [2.24, 2.45) is 5.73 Å². The summed E-state index contributed by atoms with van der Waals surface area (Å²) in [6, 6.07) is 30.8. The van der Waals surface area contributed by atoms with Crippen LogP contribution in [0, 0.1) is 0 Å². The van der Waals surface area contributed by atoms with Crippen LogP contribution in [0.3, 0.4) is 0 Å². The number of phenolic OH excluding ortho intramolecular Hbond substituents is 1. The Hall–Kier alpha value is -6.73. The van der Waals surface area contributed by atoms with Gasteiger partial charge in [-0.15, -0.1) is 0 Å². The molecule has 0 aromatic heterocycles. The maximum Gasteiger partial charge on any atom is 0.326 e. The first-order valence-corrected chi connectivity index (χ1v) is 20.0. The van der Waals surface area contributed by atoms with E-state index >= 15 is 0 Å². The molecule has 0 aliphatic rings. The lowest BCUT2D eigenvalue weighted by Gasteiger charge is -2.27. The zero-order chi connectivity index (χ0) is 43.0. The molecule has 5 aromatic rings. The lowest BCUT2D eigenvalue weighted by atomic mass is 9.96. The third kappa shape index (κ3) is 12.9. The third-order valence-corrected chi connectivity index (χ3v) is 10.4. The Bertz CT molecular complexity index is 2220. The lowest BCUT2D eigenvalue weighted by Crippen LogP contribution is -2.58. The zero-order valence-electron chi connectivity index (χ0n) is 33.8. The molecule has 314 valence electrons. The Balaban J connectivity index is 1.37. The Morgan fingerprint density at radius 1 is 0.583 bits per heavy atom. The van der Waals surface area contributed by atoms with Gasteiger partial charge in [0, 0.05) is 19.3 Å². The van der Waals surface area contributed by atoms with Crippen molar-refractivity contribution in [2.45, 2.75) is 75.5 Å². The van der Waals surface area contributed by atoms with Crippen molar-refractivity contribution in [2.75, 3.05) is 13.7 Å². The fourth-order valence-corrected chi connectivity index (χ4v) is 6.85. The number of rotatable bonds is 21. The number of methoxy groups -OCH3 is 1. The number of carbonyl (C=O) groups is 5. The van der Waals surface area contributed by atoms with Gasteiger partial charge in [-0.25, -0.2) is 4.79 Å². The van der Waals surface area contributed by atoms with Crippen LogP contribution in [0.5, 0.6) is 11.5 Å². The number of nitrogens with one attached hydrogen (secondary N) is 4. The van der Waals surface area contributed by atoms with Gasteiger partial charge in [-0.3, -0.25) is 19.2 Å². The highest BCUT2D eigenvalue weighted by Gasteiger charge is 2.32. The van der Waals surface area contributed by atoms with Crippen molar-refractivity contribution in [3.8, 4) is 11.5 Å². The van der Waals surface area contributed by atoms with Gasteiger partial charge in [-0.05, 0) is 90.0 Å². The minimum Gasteiger partial charge on any atom is -0.508 e. The lowest BCUT2D eigenvalue weighted by molar-refractivity contribution is -0.142. The number of unbranched alkanes of at least 4 members (excludes halogenated alkanes) is 1. The number of ether oxygens (including phenoxy) is 1. The van der Waals surface area contributed by atoms with Crippen LogP contribution in [-0.2, 0) is 43.2 Å². The van der Waals surface area contributed by atoms with E-state index in [1.54, 1.807) is 38.3 Å². The fourth-order valence-electron chi connectivity index (χ4n) is 6.85. The Morgan fingerprint density at radius 3 is 1.63 bits per heavy atom. The molecule has 0 unspecified atom stereocenters. The minimum absolute atomic E-state index is 0.0146. The van der Waals surface area contributed by atoms with Crippen LogP contribution < -0.4 is 31.7 Å². The first-order chi connectivity index (χ1) is 28.9. The summed E-state index contributed by atoms with van der Waals surface area (Å²) in [6.45, 7) is 2.11. The number of nitrogens with two attached hydrogens (primary N) is 1. The topological polar surface area (TPSA) is 209 Å². The summed E-state index contributed by atoms with van der Waals surface area (Å²) in [4.78, 5) is 68.5. The molecule has 0 spiro atoms. The van der Waals surface area contributed by atoms with Crippen molar-refractivity contribution in [3.05, 3.63) is 144 Å². The molecule has 0 aliphatic heterocycles. The average molecular weight is 816 g/mol. The number of benzene rings is 5. The first-order valence-electron chi connectivity index (χ1n) is 20.0. The summed E-state index contributed by atoms with van der Waals surface area (Å²) < 4.78 is 5.35. The smallest absolute Gasteiger partial charge is 0.326 e. The summed E-state index contributed by atoms with van der Waals surface area (Å²) >= 11 is 0. The van der Waals surface area contributed by atoms with Crippen LogP contribution in [0.4, 0.5) is 0 Å². The summed E-state index contributed by atoms with van der Waals surface area (Å²) in [5.41, 5.74) is 8.56. The highest BCUT2D eigenvalue weighted by molar-refractivity contribution is 5.96. The van der Waals surface area contributed by atoms with Gasteiger partial charge in [-0.2, -0.15) is 0 Å². The van der Waals surface area contributed by atoms with E-state index in [1.807, 2.05) is 84.9 Å². The molecule has 5 atom stereocenters. The number of carboxylic acid groups (broad SMARTS) is 1. The maximum absolute atomic E-state index is 14.3. The molecule has 8 N–H and O–H groups in total. The largest absolute Gasteiger partial charge is 0.508 e. The first kappa shape index (κ1) is 44.4. The van der Waals surface area contributed by atoms with Crippen molar-refractivity contribution in [1.82, 2.24) is 21.3 Å². The van der Waals surface area contributed by atoms with Crippen LogP contribution in [0.2, 0.25) is 0 Å². The van der Waals surface area contributed by atoms with Gasteiger partial charge >= 0.3 is 5.97 Å². The molecular formula is C47H53N5O8. The van der Waals surface area contributed by atoms with Crippen LogP contribution in [0.25, 0.3) is 10.8 Å². The minimum atomic E-state index is -1.33. The van der Waals surface area contributed by atoms with Gasteiger partial charge in [0.15, 0.2) is 0 Å². The molecule has 5 rings (SSSR count). The summed E-state index contributed by atoms with van der Waals surface area (Å²) in [5, 5.41) is 32.7. The Kier molecular flexibility index (Phi) is 16.2. The molecule has 5 aromatic carbocycles. The molecule has 0 saturated carbocycles.